The van der Waals surface area contributed by atoms with Crippen molar-refractivity contribution in [1.82, 2.24) is 0 Å². The second-order valence-electron chi connectivity index (χ2n) is 4.38. The van der Waals surface area contributed by atoms with Gasteiger partial charge in [-0.05, 0) is 41.8 Å². The van der Waals surface area contributed by atoms with Gasteiger partial charge in [0.2, 0.25) is 0 Å². The summed E-state index contributed by atoms with van der Waals surface area (Å²) in [5.74, 6) is 0. The van der Waals surface area contributed by atoms with Gasteiger partial charge in [0.05, 0.1) is 11.7 Å². The lowest BCUT2D eigenvalue weighted by atomic mass is 10.00. The van der Waals surface area contributed by atoms with Crippen molar-refractivity contribution in [2.45, 2.75) is 19.2 Å². The molecule has 2 rings (SSSR count). The average Bonchev–Trinajstić information content (AvgIpc) is 2.38. The first kappa shape index (κ1) is 13.6. The molecular weight excluding hydrogens is 253 g/mol. The summed E-state index contributed by atoms with van der Waals surface area (Å²) in [5.41, 5.74) is 1.54. The van der Waals surface area contributed by atoms with Crippen LogP contribution in [0.5, 0.6) is 0 Å². The van der Waals surface area contributed by atoms with Crippen molar-refractivity contribution in [2.24, 2.45) is 0 Å². The molecule has 0 aliphatic carbocycles. The molecule has 0 aromatic heterocycles. The maximum Gasteiger partial charge on any atom is 0.416 e. The van der Waals surface area contributed by atoms with Crippen molar-refractivity contribution in [1.29, 1.82) is 0 Å². The molecule has 0 aliphatic heterocycles. The van der Waals surface area contributed by atoms with E-state index in [4.69, 9.17) is 0 Å². The van der Waals surface area contributed by atoms with E-state index in [1.807, 2.05) is 0 Å². The molecule has 0 fully saturated rings. The van der Waals surface area contributed by atoms with E-state index >= 15 is 0 Å². The number of aliphatic hydroxyl groups excluding tert-OH is 1. The number of halogens is 3. The molecule has 1 atom stereocenters. The van der Waals surface area contributed by atoms with Gasteiger partial charge >= 0.3 is 6.18 Å². The predicted octanol–water partition coefficient (Wildman–Crippen LogP) is 4.43. The van der Waals surface area contributed by atoms with E-state index in [0.29, 0.717) is 5.56 Å². The summed E-state index contributed by atoms with van der Waals surface area (Å²) in [5, 5.41) is 9.50. The normalized spacial score (nSPS) is 13.3. The van der Waals surface area contributed by atoms with Crippen LogP contribution in [-0.2, 0) is 6.18 Å². The van der Waals surface area contributed by atoms with Gasteiger partial charge < -0.3 is 5.11 Å². The summed E-state index contributed by atoms with van der Waals surface area (Å²) in [4.78, 5) is 0. The smallest absolute Gasteiger partial charge is 0.389 e. The molecule has 100 valence electrons. The zero-order valence-electron chi connectivity index (χ0n) is 10.3. The molecule has 0 aliphatic rings. The van der Waals surface area contributed by atoms with E-state index in [-0.39, 0.29) is 0 Å². The van der Waals surface area contributed by atoms with Crippen LogP contribution in [0.1, 0.15) is 24.2 Å². The van der Waals surface area contributed by atoms with Gasteiger partial charge in [-0.1, -0.05) is 30.3 Å². The largest absolute Gasteiger partial charge is 0.416 e. The number of alkyl halides is 3. The van der Waals surface area contributed by atoms with Gasteiger partial charge in [-0.15, -0.1) is 0 Å². The van der Waals surface area contributed by atoms with Crippen molar-refractivity contribution in [3.8, 4) is 11.1 Å². The SMILES string of the molecule is CC(O)c1cccc(-c2ccc(C(F)(F)F)cc2)c1. The summed E-state index contributed by atoms with van der Waals surface area (Å²) in [6.45, 7) is 1.64. The monoisotopic (exact) mass is 266 g/mol. The third kappa shape index (κ3) is 3.15. The minimum atomic E-state index is -4.32. The molecule has 1 unspecified atom stereocenters. The second kappa shape index (κ2) is 5.05. The molecular formula is C15H13F3O. The molecule has 2 aromatic carbocycles. The molecule has 0 heterocycles. The lowest BCUT2D eigenvalue weighted by molar-refractivity contribution is -0.137. The molecule has 2 aromatic rings. The number of hydrogen-bond donors (Lipinski definition) is 1. The Morgan fingerprint density at radius 1 is 0.947 bits per heavy atom. The zero-order chi connectivity index (χ0) is 14.0. The Labute approximate surface area is 109 Å². The first-order valence-electron chi connectivity index (χ1n) is 5.83. The Morgan fingerprint density at radius 2 is 1.58 bits per heavy atom. The Morgan fingerprint density at radius 3 is 2.11 bits per heavy atom. The van der Waals surface area contributed by atoms with Crippen molar-refractivity contribution in [2.75, 3.05) is 0 Å². The van der Waals surface area contributed by atoms with Crippen LogP contribution >= 0.6 is 0 Å². The molecule has 0 bridgehead atoms. The van der Waals surface area contributed by atoms with Gasteiger partial charge in [-0.3, -0.25) is 0 Å². The third-order valence-electron chi connectivity index (χ3n) is 2.91. The highest BCUT2D eigenvalue weighted by Gasteiger charge is 2.29. The van der Waals surface area contributed by atoms with Gasteiger partial charge in [0.1, 0.15) is 0 Å². The molecule has 0 amide bonds. The van der Waals surface area contributed by atoms with Crippen LogP contribution in [0.25, 0.3) is 11.1 Å². The van der Waals surface area contributed by atoms with Gasteiger partial charge in [0.15, 0.2) is 0 Å². The molecule has 19 heavy (non-hydrogen) atoms. The van der Waals surface area contributed by atoms with Gasteiger partial charge in [-0.2, -0.15) is 13.2 Å². The van der Waals surface area contributed by atoms with Gasteiger partial charge in [0.25, 0.3) is 0 Å². The van der Waals surface area contributed by atoms with Gasteiger partial charge in [-0.25, -0.2) is 0 Å². The van der Waals surface area contributed by atoms with Crippen molar-refractivity contribution >= 4 is 0 Å². The Bertz CT molecular complexity index is 556. The maximum atomic E-state index is 12.5. The van der Waals surface area contributed by atoms with Crippen LogP contribution < -0.4 is 0 Å². The zero-order valence-corrected chi connectivity index (χ0v) is 10.3. The van der Waals surface area contributed by atoms with Crippen molar-refractivity contribution in [3.63, 3.8) is 0 Å². The van der Waals surface area contributed by atoms with E-state index < -0.39 is 17.8 Å². The van der Waals surface area contributed by atoms with Gasteiger partial charge in [0, 0.05) is 0 Å². The standard InChI is InChI=1S/C15H13F3O/c1-10(19)12-3-2-4-13(9-12)11-5-7-14(8-6-11)15(16,17)18/h2-10,19H,1H3. The highest BCUT2D eigenvalue weighted by Crippen LogP contribution is 2.31. The fraction of sp³-hybridized carbons (Fsp3) is 0.200. The lowest BCUT2D eigenvalue weighted by Gasteiger charge is -2.10. The summed E-state index contributed by atoms with van der Waals surface area (Å²) in [7, 11) is 0. The molecule has 0 saturated carbocycles. The van der Waals surface area contributed by atoms with E-state index in [2.05, 4.69) is 0 Å². The Kier molecular flexibility index (Phi) is 3.62. The highest BCUT2D eigenvalue weighted by molar-refractivity contribution is 5.64. The summed E-state index contributed by atoms with van der Waals surface area (Å²) >= 11 is 0. The van der Waals surface area contributed by atoms with E-state index in [0.717, 1.165) is 23.3 Å². The first-order valence-corrected chi connectivity index (χ1v) is 5.83. The molecule has 4 heteroatoms. The first-order chi connectivity index (χ1) is 8.88. The lowest BCUT2D eigenvalue weighted by Crippen LogP contribution is -2.04. The molecule has 0 radical (unpaired) electrons. The van der Waals surface area contributed by atoms with Crippen LogP contribution in [0.4, 0.5) is 13.2 Å². The fourth-order valence-corrected chi connectivity index (χ4v) is 1.83. The quantitative estimate of drug-likeness (QED) is 0.852. The summed E-state index contributed by atoms with van der Waals surface area (Å²) in [6, 6.07) is 12.1. The van der Waals surface area contributed by atoms with Crippen molar-refractivity contribution in [3.05, 3.63) is 59.7 Å². The summed E-state index contributed by atoms with van der Waals surface area (Å²) in [6.07, 6.45) is -4.92. The summed E-state index contributed by atoms with van der Waals surface area (Å²) < 4.78 is 37.4. The fourth-order valence-electron chi connectivity index (χ4n) is 1.83. The molecule has 0 spiro atoms. The molecule has 1 nitrogen and oxygen atoms in total. The van der Waals surface area contributed by atoms with Crippen molar-refractivity contribution < 1.29 is 18.3 Å². The predicted molar refractivity (Wildman–Crippen MR) is 67.5 cm³/mol. The average molecular weight is 266 g/mol. The highest BCUT2D eigenvalue weighted by atomic mass is 19.4. The van der Waals surface area contributed by atoms with E-state index in [9.17, 15) is 18.3 Å². The van der Waals surface area contributed by atoms with Crippen LogP contribution in [0, 0.1) is 0 Å². The third-order valence-corrected chi connectivity index (χ3v) is 2.91. The maximum absolute atomic E-state index is 12.5. The topological polar surface area (TPSA) is 20.2 Å². The Hall–Kier alpha value is -1.81. The molecule has 1 N–H and O–H groups in total. The van der Waals surface area contributed by atoms with Crippen LogP contribution in [0.3, 0.4) is 0 Å². The van der Waals surface area contributed by atoms with E-state index in [1.54, 1.807) is 31.2 Å². The van der Waals surface area contributed by atoms with Crippen LogP contribution in [0.2, 0.25) is 0 Å². The van der Waals surface area contributed by atoms with Crippen LogP contribution in [-0.4, -0.2) is 5.11 Å². The Balaban J connectivity index is 2.35. The number of aliphatic hydroxyl groups is 1. The minimum absolute atomic E-state index is 0.602. The number of rotatable bonds is 2. The minimum Gasteiger partial charge on any atom is -0.389 e. The second-order valence-corrected chi connectivity index (χ2v) is 4.38. The van der Waals surface area contributed by atoms with Crippen LogP contribution in [0.15, 0.2) is 48.5 Å². The molecule has 0 saturated heterocycles. The number of hydrogen-bond acceptors (Lipinski definition) is 1. The van der Waals surface area contributed by atoms with E-state index in [1.165, 1.54) is 12.1 Å². The number of benzene rings is 2.